The van der Waals surface area contributed by atoms with Crippen LogP contribution in [-0.2, 0) is 4.79 Å². The maximum absolute atomic E-state index is 11.7. The minimum Gasteiger partial charge on any atom is -0.391 e. The molecular formula is C11H16N2O. The summed E-state index contributed by atoms with van der Waals surface area (Å²) in [4.78, 5) is 11.7. The number of allylic oxidation sites excluding steroid dienone is 2. The van der Waals surface area contributed by atoms with E-state index in [1.807, 2.05) is 7.05 Å². The predicted octanol–water partition coefficient (Wildman–Crippen LogP) is 1.64. The Kier molecular flexibility index (Phi) is 2.40. The van der Waals surface area contributed by atoms with E-state index < -0.39 is 0 Å². The van der Waals surface area contributed by atoms with Crippen LogP contribution in [0.2, 0.25) is 0 Å². The van der Waals surface area contributed by atoms with Crippen molar-refractivity contribution >= 4 is 11.5 Å². The van der Waals surface area contributed by atoms with Gasteiger partial charge in [-0.1, -0.05) is 0 Å². The van der Waals surface area contributed by atoms with Crippen molar-refractivity contribution in [3.63, 3.8) is 0 Å². The van der Waals surface area contributed by atoms with E-state index in [1.54, 1.807) is 0 Å². The number of rotatable bonds is 2. The van der Waals surface area contributed by atoms with Gasteiger partial charge in [0.25, 0.3) is 0 Å². The van der Waals surface area contributed by atoms with Gasteiger partial charge in [0, 0.05) is 24.9 Å². The summed E-state index contributed by atoms with van der Waals surface area (Å²) in [7, 11) is 1.86. The molecule has 2 aliphatic rings. The number of nitrogens with one attached hydrogen (secondary N) is 2. The first kappa shape index (κ1) is 9.44. The molecule has 0 saturated heterocycles. The summed E-state index contributed by atoms with van der Waals surface area (Å²) in [5.41, 5.74) is 2.26. The molecule has 0 bridgehead atoms. The minimum absolute atomic E-state index is 0.164. The Morgan fingerprint density at radius 1 is 1.43 bits per heavy atom. The van der Waals surface area contributed by atoms with Gasteiger partial charge >= 0.3 is 0 Å². The van der Waals surface area contributed by atoms with Crippen LogP contribution in [0.4, 0.5) is 0 Å². The molecule has 0 radical (unpaired) electrons. The zero-order valence-electron chi connectivity index (χ0n) is 8.52. The average Bonchev–Trinajstić information content (AvgIpc) is 2.95. The Bertz CT molecular complexity index is 295. The zero-order valence-corrected chi connectivity index (χ0v) is 8.52. The Morgan fingerprint density at radius 2 is 2.14 bits per heavy atom. The summed E-state index contributed by atoms with van der Waals surface area (Å²) in [5.74, 6) is 0.690. The predicted molar refractivity (Wildman–Crippen MR) is 55.4 cm³/mol. The summed E-state index contributed by atoms with van der Waals surface area (Å²) in [6.07, 6.45) is 4.57. The van der Waals surface area contributed by atoms with E-state index in [0.717, 1.165) is 18.5 Å². The van der Waals surface area contributed by atoms with E-state index in [0.29, 0.717) is 23.6 Å². The number of hydrogen-bond acceptors (Lipinski definition) is 3. The van der Waals surface area contributed by atoms with Crippen molar-refractivity contribution in [3.05, 3.63) is 11.3 Å². The van der Waals surface area contributed by atoms with E-state index in [4.69, 9.17) is 5.41 Å². The number of Topliss-reactive ketones (excluding diaryl/α,β-unsaturated/α-hetero) is 1. The van der Waals surface area contributed by atoms with Crippen LogP contribution in [0.5, 0.6) is 0 Å². The molecule has 2 aliphatic carbocycles. The highest BCUT2D eigenvalue weighted by atomic mass is 16.1. The molecule has 0 aromatic rings. The summed E-state index contributed by atoms with van der Waals surface area (Å²) >= 11 is 0. The number of hydrogen-bond donors (Lipinski definition) is 2. The van der Waals surface area contributed by atoms with Crippen molar-refractivity contribution in [3.8, 4) is 0 Å². The lowest BCUT2D eigenvalue weighted by Crippen LogP contribution is -2.25. The fraction of sp³-hybridized carbons (Fsp3) is 0.636. The number of carbonyl (C=O) groups is 1. The van der Waals surface area contributed by atoms with Gasteiger partial charge in [0.2, 0.25) is 0 Å². The van der Waals surface area contributed by atoms with Crippen LogP contribution in [0.3, 0.4) is 0 Å². The summed E-state index contributed by atoms with van der Waals surface area (Å²) in [6, 6.07) is 0. The number of carbonyl (C=O) groups excluding carboxylic acids is 1. The lowest BCUT2D eigenvalue weighted by molar-refractivity contribution is -0.115. The fourth-order valence-electron chi connectivity index (χ4n) is 2.06. The fourth-order valence-corrected chi connectivity index (χ4v) is 2.06. The zero-order chi connectivity index (χ0) is 10.1. The van der Waals surface area contributed by atoms with Gasteiger partial charge in [0.05, 0.1) is 5.57 Å². The molecule has 0 heterocycles. The van der Waals surface area contributed by atoms with Gasteiger partial charge in [0.1, 0.15) is 0 Å². The maximum atomic E-state index is 11.7. The monoisotopic (exact) mass is 192 g/mol. The first-order chi connectivity index (χ1) is 6.74. The second-order valence-corrected chi connectivity index (χ2v) is 4.07. The molecule has 2 rings (SSSR count). The lowest BCUT2D eigenvalue weighted by atomic mass is 9.89. The average molecular weight is 192 g/mol. The van der Waals surface area contributed by atoms with E-state index in [1.165, 1.54) is 12.8 Å². The normalized spacial score (nSPS) is 26.4. The Hall–Kier alpha value is -1.12. The lowest BCUT2D eigenvalue weighted by Gasteiger charge is -2.18. The van der Waals surface area contributed by atoms with E-state index in [-0.39, 0.29) is 5.78 Å². The summed E-state index contributed by atoms with van der Waals surface area (Å²) in [6.45, 7) is 0. The molecule has 0 aromatic heterocycles. The Labute approximate surface area is 84.1 Å². The third kappa shape index (κ3) is 1.59. The van der Waals surface area contributed by atoms with E-state index in [2.05, 4.69) is 5.32 Å². The topological polar surface area (TPSA) is 53.0 Å². The van der Waals surface area contributed by atoms with Gasteiger partial charge in [-0.25, -0.2) is 0 Å². The number of ketones is 1. The third-order valence-electron chi connectivity index (χ3n) is 2.94. The van der Waals surface area contributed by atoms with Crippen molar-refractivity contribution < 1.29 is 4.79 Å². The van der Waals surface area contributed by atoms with Crippen molar-refractivity contribution in [2.45, 2.75) is 32.1 Å². The highest BCUT2D eigenvalue weighted by Crippen LogP contribution is 2.38. The highest BCUT2D eigenvalue weighted by Gasteiger charge is 2.32. The van der Waals surface area contributed by atoms with Crippen LogP contribution in [-0.4, -0.2) is 18.5 Å². The molecule has 2 saturated carbocycles. The van der Waals surface area contributed by atoms with Crippen LogP contribution >= 0.6 is 0 Å². The summed E-state index contributed by atoms with van der Waals surface area (Å²) in [5, 5.41) is 10.9. The van der Waals surface area contributed by atoms with Gasteiger partial charge in [-0.15, -0.1) is 0 Å². The van der Waals surface area contributed by atoms with Crippen LogP contribution in [0, 0.1) is 11.3 Å². The van der Waals surface area contributed by atoms with Gasteiger partial charge in [-0.2, -0.15) is 0 Å². The molecule has 2 fully saturated rings. The summed E-state index contributed by atoms with van der Waals surface area (Å²) < 4.78 is 0. The largest absolute Gasteiger partial charge is 0.391 e. The van der Waals surface area contributed by atoms with Crippen molar-refractivity contribution in [1.29, 1.82) is 5.41 Å². The van der Waals surface area contributed by atoms with Crippen LogP contribution in [0.15, 0.2) is 11.3 Å². The molecule has 76 valence electrons. The van der Waals surface area contributed by atoms with Gasteiger partial charge in [-0.3, -0.25) is 4.79 Å². The van der Waals surface area contributed by atoms with Gasteiger partial charge in [0.15, 0.2) is 5.78 Å². The van der Waals surface area contributed by atoms with E-state index in [9.17, 15) is 4.79 Å². The molecular weight excluding hydrogens is 176 g/mol. The molecule has 2 N–H and O–H groups in total. The van der Waals surface area contributed by atoms with Crippen molar-refractivity contribution in [1.82, 2.24) is 5.32 Å². The first-order valence-electron chi connectivity index (χ1n) is 5.27. The van der Waals surface area contributed by atoms with Crippen LogP contribution in [0.1, 0.15) is 32.1 Å². The molecule has 14 heavy (non-hydrogen) atoms. The van der Waals surface area contributed by atoms with Crippen LogP contribution in [0.25, 0.3) is 0 Å². The quantitative estimate of drug-likeness (QED) is 0.653. The smallest absolute Gasteiger partial charge is 0.166 e. The first-order valence-corrected chi connectivity index (χ1v) is 5.27. The van der Waals surface area contributed by atoms with Crippen molar-refractivity contribution in [2.75, 3.05) is 7.05 Å². The molecule has 0 aromatic carbocycles. The minimum atomic E-state index is 0.164. The molecule has 0 amide bonds. The van der Waals surface area contributed by atoms with Crippen molar-refractivity contribution in [2.24, 2.45) is 5.92 Å². The van der Waals surface area contributed by atoms with Crippen LogP contribution < -0.4 is 5.32 Å². The molecule has 0 aliphatic heterocycles. The Morgan fingerprint density at radius 3 is 2.64 bits per heavy atom. The SMILES string of the molecule is CN/C(=C1\C(=N)CCCC1=O)C1CC1. The third-order valence-corrected chi connectivity index (χ3v) is 2.94. The van der Waals surface area contributed by atoms with Gasteiger partial charge in [-0.05, 0) is 31.6 Å². The molecule has 0 atom stereocenters. The maximum Gasteiger partial charge on any atom is 0.166 e. The second kappa shape index (κ2) is 3.56. The standard InChI is InChI=1S/C11H16N2O/c1-13-11(7-5-6-7)10-8(12)3-2-4-9(10)14/h7,12-13H,2-6H2,1H3/b11-10+,12-8?. The highest BCUT2D eigenvalue weighted by molar-refractivity contribution is 6.23. The van der Waals surface area contributed by atoms with Gasteiger partial charge < -0.3 is 10.7 Å². The molecule has 0 unspecified atom stereocenters. The molecule has 0 spiro atoms. The second-order valence-electron chi connectivity index (χ2n) is 4.07. The van der Waals surface area contributed by atoms with E-state index >= 15 is 0 Å². The molecule has 3 nitrogen and oxygen atoms in total. The molecule has 3 heteroatoms. The Balaban J connectivity index is 2.34.